The number of allylic oxidation sites excluding steroid dienone is 4. The van der Waals surface area contributed by atoms with Crippen molar-refractivity contribution in [3.05, 3.63) is 65.8 Å². The zero-order valence-corrected chi connectivity index (χ0v) is 39.1. The van der Waals surface area contributed by atoms with Crippen molar-refractivity contribution in [1.82, 2.24) is 20.9 Å². The molecule has 0 radical (unpaired) electrons. The van der Waals surface area contributed by atoms with E-state index in [4.69, 9.17) is 15.2 Å². The molecule has 20 heteroatoms. The summed E-state index contributed by atoms with van der Waals surface area (Å²) in [4.78, 5) is 140. The number of amides is 7. The van der Waals surface area contributed by atoms with Crippen molar-refractivity contribution in [2.24, 2.45) is 34.3 Å². The minimum absolute atomic E-state index is 0.0322. The van der Waals surface area contributed by atoms with Crippen molar-refractivity contribution in [2.45, 2.75) is 122 Å². The van der Waals surface area contributed by atoms with Gasteiger partial charge in [0.15, 0.2) is 12.4 Å². The standard InChI is InChI=1S/C49H60N6O14/c1-27(51-39(60)8-6-5-7-21-55-40(61)15-16-41(55)62)43(63)52-28(2)44(64)54-35(23-38(50)59)45(65)53-31-12-9-29(10-13-31)25-68-46(66)69-26-37(58)49(67)20-18-34-33-14-11-30-22-32(56)17-19-47(30,3)42(33)36(57)24-48(34,49)4/h9-10,12-13,15-17,19,22,27-28,33-35,42,67H,5-8,11,14,18,20-21,23-26H2,1-4H3,(H2,50,59)(H,51,60)(H,52,63)(H,53,65)(H,54,64)/t27-,28-,33+,34?,35-,42?,47+,48+,49+/m0/s1. The van der Waals surface area contributed by atoms with Crippen LogP contribution in [0.1, 0.15) is 97.5 Å². The number of ketones is 3. The Kier molecular flexibility index (Phi) is 15.9. The van der Waals surface area contributed by atoms with E-state index in [0.29, 0.717) is 44.1 Å². The highest BCUT2D eigenvalue weighted by molar-refractivity contribution is 6.13. The number of primary amides is 1. The summed E-state index contributed by atoms with van der Waals surface area (Å²) in [6.07, 6.45) is 9.06. The molecule has 4 aliphatic carbocycles. The molecule has 1 aromatic carbocycles. The van der Waals surface area contributed by atoms with Crippen LogP contribution < -0.4 is 27.0 Å². The minimum atomic E-state index is -1.91. The normalized spacial score (nSPS) is 26.9. The second-order valence-electron chi connectivity index (χ2n) is 19.1. The number of rotatable bonds is 20. The number of unbranched alkanes of at least 4 members (excludes halogenated alkanes) is 2. The van der Waals surface area contributed by atoms with Crippen LogP contribution in [0.25, 0.3) is 0 Å². The fraction of sp³-hybridized carbons (Fsp3) is 0.531. The highest BCUT2D eigenvalue weighted by Crippen LogP contribution is 2.66. The maximum atomic E-state index is 13.9. The average Bonchev–Trinajstić information content (AvgIpc) is 3.76. The molecular weight excluding hydrogens is 897 g/mol. The molecule has 370 valence electrons. The van der Waals surface area contributed by atoms with Gasteiger partial charge in [-0.2, -0.15) is 0 Å². The number of carbonyl (C=O) groups is 11. The van der Waals surface area contributed by atoms with Crippen molar-refractivity contribution >= 4 is 70.5 Å². The van der Waals surface area contributed by atoms with Crippen LogP contribution in [-0.2, 0) is 64.0 Å². The second kappa shape index (κ2) is 21.2. The van der Waals surface area contributed by atoms with Gasteiger partial charge in [0, 0.05) is 54.0 Å². The van der Waals surface area contributed by atoms with Gasteiger partial charge in [-0.05, 0) is 94.1 Å². The van der Waals surface area contributed by atoms with Crippen molar-refractivity contribution in [3.63, 3.8) is 0 Å². The first-order valence-corrected chi connectivity index (χ1v) is 23.2. The number of hydrogen-bond donors (Lipinski definition) is 6. The predicted octanol–water partition coefficient (Wildman–Crippen LogP) is 1.92. The number of anilines is 1. The quantitative estimate of drug-likeness (QED) is 0.0619. The number of ether oxygens (including phenoxy) is 2. The van der Waals surface area contributed by atoms with Gasteiger partial charge in [0.1, 0.15) is 36.1 Å². The highest BCUT2D eigenvalue weighted by atomic mass is 16.7. The van der Waals surface area contributed by atoms with E-state index in [0.717, 1.165) is 10.5 Å². The van der Waals surface area contributed by atoms with Gasteiger partial charge in [-0.25, -0.2) is 4.79 Å². The van der Waals surface area contributed by atoms with E-state index in [9.17, 15) is 57.8 Å². The van der Waals surface area contributed by atoms with E-state index < -0.39 is 89.1 Å². The molecular formula is C49H60N6O14. The molecule has 20 nitrogen and oxygen atoms in total. The first-order chi connectivity index (χ1) is 32.6. The summed E-state index contributed by atoms with van der Waals surface area (Å²) in [5, 5.41) is 21.9. The molecule has 6 rings (SSSR count). The Bertz CT molecular complexity index is 2380. The van der Waals surface area contributed by atoms with E-state index in [1.54, 1.807) is 13.0 Å². The van der Waals surface area contributed by atoms with E-state index in [1.807, 2.05) is 13.0 Å². The zero-order valence-electron chi connectivity index (χ0n) is 39.1. The van der Waals surface area contributed by atoms with Crippen molar-refractivity contribution in [2.75, 3.05) is 18.5 Å². The van der Waals surface area contributed by atoms with Gasteiger partial charge >= 0.3 is 6.16 Å². The molecule has 7 N–H and O–H groups in total. The number of fused-ring (bicyclic) bond motifs is 5. The van der Waals surface area contributed by atoms with Crippen molar-refractivity contribution in [1.29, 1.82) is 0 Å². The van der Waals surface area contributed by atoms with Gasteiger partial charge in [-0.15, -0.1) is 0 Å². The summed E-state index contributed by atoms with van der Waals surface area (Å²) in [5.41, 5.74) is 3.38. The van der Waals surface area contributed by atoms with Gasteiger partial charge in [0.05, 0.1) is 6.42 Å². The molecule has 2 unspecified atom stereocenters. The Labute approximate surface area is 398 Å². The summed E-state index contributed by atoms with van der Waals surface area (Å²) < 4.78 is 10.3. The number of imide groups is 1. The van der Waals surface area contributed by atoms with E-state index in [1.165, 1.54) is 56.3 Å². The summed E-state index contributed by atoms with van der Waals surface area (Å²) in [6, 6.07) is 2.25. The number of Topliss-reactive ketones (excluding diaryl/α,β-unsaturated/α-hetero) is 2. The molecule has 0 saturated heterocycles. The monoisotopic (exact) mass is 956 g/mol. The minimum Gasteiger partial charge on any atom is -0.429 e. The molecule has 0 aromatic heterocycles. The number of nitrogens with one attached hydrogen (secondary N) is 4. The van der Waals surface area contributed by atoms with Gasteiger partial charge in [0.25, 0.3) is 11.8 Å². The first-order valence-electron chi connectivity index (χ1n) is 23.2. The molecule has 0 spiro atoms. The Hall–Kier alpha value is -6.83. The lowest BCUT2D eigenvalue weighted by molar-refractivity contribution is -0.169. The van der Waals surface area contributed by atoms with Gasteiger partial charge in [0.2, 0.25) is 35.3 Å². The highest BCUT2D eigenvalue weighted by Gasteiger charge is 2.68. The van der Waals surface area contributed by atoms with Gasteiger partial charge < -0.3 is 41.6 Å². The van der Waals surface area contributed by atoms with E-state index >= 15 is 0 Å². The van der Waals surface area contributed by atoms with E-state index in [-0.39, 0.29) is 79.2 Å². The lowest BCUT2D eigenvalue weighted by atomic mass is 9.46. The third-order valence-corrected chi connectivity index (χ3v) is 14.5. The number of aliphatic hydroxyl groups is 1. The predicted molar refractivity (Wildman–Crippen MR) is 243 cm³/mol. The Morgan fingerprint density at radius 3 is 2.19 bits per heavy atom. The Balaban J connectivity index is 0.914. The van der Waals surface area contributed by atoms with Crippen LogP contribution in [0, 0.1) is 28.6 Å². The molecule has 69 heavy (non-hydrogen) atoms. The largest absolute Gasteiger partial charge is 0.509 e. The lowest BCUT2D eigenvalue weighted by Gasteiger charge is -2.56. The van der Waals surface area contributed by atoms with Crippen LogP contribution in [0.15, 0.2) is 60.2 Å². The van der Waals surface area contributed by atoms with Crippen LogP contribution >= 0.6 is 0 Å². The number of benzene rings is 1. The van der Waals surface area contributed by atoms with Crippen LogP contribution in [0.5, 0.6) is 0 Å². The summed E-state index contributed by atoms with van der Waals surface area (Å²) in [7, 11) is 0. The SMILES string of the molecule is C[C@H](NC(=O)CCCCCN1C(=O)C=CC1=O)C(=O)N[C@@H](C)C(=O)N[C@@H](CC(N)=O)C(=O)Nc1ccc(COC(=O)OCC(=O)[C@]2(O)CCC3[C@H]4CCC5=CC(=O)C=C[C@@]5(C)C4C(=O)C[C@]32C)cc1. The Morgan fingerprint density at radius 2 is 1.51 bits per heavy atom. The molecule has 1 aromatic rings. The number of carbonyl (C=O) groups excluding carboxylic acids is 11. The third-order valence-electron chi connectivity index (χ3n) is 14.5. The summed E-state index contributed by atoms with van der Waals surface area (Å²) >= 11 is 0. The van der Waals surface area contributed by atoms with E-state index in [2.05, 4.69) is 21.3 Å². The van der Waals surface area contributed by atoms with Gasteiger partial charge in [-0.3, -0.25) is 52.8 Å². The lowest BCUT2D eigenvalue weighted by Crippen LogP contribution is -2.60. The van der Waals surface area contributed by atoms with Gasteiger partial charge in [-0.1, -0.05) is 44.1 Å². The van der Waals surface area contributed by atoms with Crippen LogP contribution in [0.2, 0.25) is 0 Å². The Morgan fingerprint density at radius 1 is 0.841 bits per heavy atom. The molecule has 3 saturated carbocycles. The molecule has 3 fully saturated rings. The van der Waals surface area contributed by atoms with Crippen LogP contribution in [-0.4, -0.2) is 112 Å². The average molecular weight is 957 g/mol. The smallest absolute Gasteiger partial charge is 0.429 e. The molecule has 1 aliphatic heterocycles. The molecule has 7 amide bonds. The summed E-state index contributed by atoms with van der Waals surface area (Å²) in [5.74, 6) is -5.92. The third kappa shape index (κ3) is 11.4. The van der Waals surface area contributed by atoms with Crippen molar-refractivity contribution < 1.29 is 67.3 Å². The molecule has 9 atom stereocenters. The fourth-order valence-electron chi connectivity index (χ4n) is 10.7. The molecule has 5 aliphatic rings. The second-order valence-corrected chi connectivity index (χ2v) is 19.1. The fourth-order valence-corrected chi connectivity index (χ4v) is 10.7. The van der Waals surface area contributed by atoms with Crippen molar-refractivity contribution in [3.8, 4) is 0 Å². The molecule has 1 heterocycles. The number of nitrogens with zero attached hydrogens (tertiary/aromatic N) is 1. The van der Waals surface area contributed by atoms with Crippen LogP contribution in [0.3, 0.4) is 0 Å². The first kappa shape index (κ1) is 51.6. The van der Waals surface area contributed by atoms with Crippen LogP contribution in [0.4, 0.5) is 10.5 Å². The number of hydrogen-bond acceptors (Lipinski definition) is 14. The topological polar surface area (TPSA) is 304 Å². The maximum Gasteiger partial charge on any atom is 0.509 e. The maximum absolute atomic E-state index is 13.9. The number of nitrogens with two attached hydrogens (primary N) is 1. The summed E-state index contributed by atoms with van der Waals surface area (Å²) in [6.45, 7) is 5.67. The molecule has 0 bridgehead atoms. The zero-order chi connectivity index (χ0) is 50.4.